The zero-order chi connectivity index (χ0) is 35.9. The van der Waals surface area contributed by atoms with Gasteiger partial charge in [-0.1, -0.05) is 206 Å². The van der Waals surface area contributed by atoms with Crippen LogP contribution in [0.25, 0.3) is 0 Å². The lowest BCUT2D eigenvalue weighted by molar-refractivity contribution is 0.0805. The molecule has 296 valence electrons. The molecular formula is C45H94N2O2. The molecule has 0 heterocycles. The molecule has 4 heteroatoms. The number of aliphatic hydroxyl groups excluding tert-OH is 2. The van der Waals surface area contributed by atoms with E-state index in [4.69, 9.17) is 0 Å². The van der Waals surface area contributed by atoms with Gasteiger partial charge in [0.05, 0.1) is 12.2 Å². The van der Waals surface area contributed by atoms with Crippen LogP contribution in [-0.2, 0) is 0 Å². The zero-order valence-corrected chi connectivity index (χ0v) is 34.5. The van der Waals surface area contributed by atoms with Crippen LogP contribution >= 0.6 is 0 Å². The van der Waals surface area contributed by atoms with Crippen molar-refractivity contribution in [3.05, 3.63) is 0 Å². The van der Waals surface area contributed by atoms with Crippen molar-refractivity contribution in [2.75, 3.05) is 39.3 Å². The molecule has 0 aromatic heterocycles. The average molecular weight is 695 g/mol. The summed E-state index contributed by atoms with van der Waals surface area (Å²) in [7, 11) is 0. The number of rotatable bonds is 42. The van der Waals surface area contributed by atoms with Gasteiger partial charge in [-0.2, -0.15) is 0 Å². The lowest BCUT2D eigenvalue weighted by Gasteiger charge is -2.27. The van der Waals surface area contributed by atoms with E-state index in [9.17, 15) is 10.2 Å². The molecule has 0 aromatic carbocycles. The molecule has 0 aliphatic carbocycles. The molecule has 2 atom stereocenters. The average Bonchev–Trinajstić information content (AvgIpc) is 3.07. The Hall–Kier alpha value is -0.160. The van der Waals surface area contributed by atoms with Crippen molar-refractivity contribution in [2.24, 2.45) is 0 Å². The van der Waals surface area contributed by atoms with Crippen molar-refractivity contribution < 1.29 is 10.2 Å². The Morgan fingerprint density at radius 3 is 0.735 bits per heavy atom. The second-order valence-electron chi connectivity index (χ2n) is 16.3. The van der Waals surface area contributed by atoms with Gasteiger partial charge in [0, 0.05) is 13.1 Å². The molecule has 0 saturated carbocycles. The third-order valence-corrected chi connectivity index (χ3v) is 10.6. The van der Waals surface area contributed by atoms with Crippen LogP contribution in [0.5, 0.6) is 0 Å². The van der Waals surface area contributed by atoms with Gasteiger partial charge in [-0.25, -0.2) is 0 Å². The summed E-state index contributed by atoms with van der Waals surface area (Å²) < 4.78 is 0. The fourth-order valence-electron chi connectivity index (χ4n) is 7.62. The number of unbranched alkanes of at least 4 members (excludes halogenated alkanes) is 30. The van der Waals surface area contributed by atoms with Crippen LogP contribution in [0.4, 0.5) is 0 Å². The molecule has 0 aliphatic rings. The standard InChI is InChI=1S/C45H94N2O2/c1-5-7-9-11-13-15-17-19-21-23-25-27-29-31-33-35-38-46(40-37-41-47(42-44(3)48)43-45(4)49)39-36-34-32-30-28-26-24-22-20-18-16-14-12-10-8-6-2/h44-45,48-49H,5-43H2,1-4H3. The van der Waals surface area contributed by atoms with Gasteiger partial charge in [-0.05, 0) is 59.3 Å². The van der Waals surface area contributed by atoms with E-state index >= 15 is 0 Å². The summed E-state index contributed by atoms with van der Waals surface area (Å²) in [6, 6.07) is 0. The van der Waals surface area contributed by atoms with Crippen molar-refractivity contribution in [3.63, 3.8) is 0 Å². The van der Waals surface area contributed by atoms with E-state index in [2.05, 4.69) is 23.6 Å². The molecular weight excluding hydrogens is 601 g/mol. The first-order valence-electron chi connectivity index (χ1n) is 22.8. The highest BCUT2D eigenvalue weighted by molar-refractivity contribution is 4.67. The minimum absolute atomic E-state index is 0.343. The molecule has 2 unspecified atom stereocenters. The van der Waals surface area contributed by atoms with E-state index in [0.717, 1.165) is 19.5 Å². The van der Waals surface area contributed by atoms with Crippen LogP contribution in [0.1, 0.15) is 240 Å². The Labute approximate surface area is 310 Å². The first-order valence-corrected chi connectivity index (χ1v) is 22.8. The van der Waals surface area contributed by atoms with E-state index < -0.39 is 0 Å². The van der Waals surface area contributed by atoms with Gasteiger partial charge in [0.25, 0.3) is 0 Å². The first-order chi connectivity index (χ1) is 24.0. The predicted octanol–water partition coefficient (Wildman–Crippen LogP) is 13.3. The van der Waals surface area contributed by atoms with Gasteiger partial charge >= 0.3 is 0 Å². The van der Waals surface area contributed by atoms with Gasteiger partial charge in [-0.15, -0.1) is 0 Å². The molecule has 0 rings (SSSR count). The Balaban J connectivity index is 4.06. The maximum absolute atomic E-state index is 9.93. The number of nitrogens with zero attached hydrogens (tertiary/aromatic N) is 2. The Bertz CT molecular complexity index is 553. The topological polar surface area (TPSA) is 46.9 Å². The van der Waals surface area contributed by atoms with Crippen LogP contribution < -0.4 is 0 Å². The van der Waals surface area contributed by atoms with Gasteiger partial charge in [0.15, 0.2) is 0 Å². The van der Waals surface area contributed by atoms with Crippen LogP contribution in [0.3, 0.4) is 0 Å². The van der Waals surface area contributed by atoms with E-state index in [1.165, 1.54) is 219 Å². The quantitative estimate of drug-likeness (QED) is 0.0624. The third kappa shape index (κ3) is 40.5. The second-order valence-corrected chi connectivity index (χ2v) is 16.3. The second kappa shape index (κ2) is 40.6. The van der Waals surface area contributed by atoms with Crippen molar-refractivity contribution in [1.82, 2.24) is 9.80 Å². The lowest BCUT2D eigenvalue weighted by Crippen LogP contribution is -2.38. The van der Waals surface area contributed by atoms with Crippen LogP contribution in [0.2, 0.25) is 0 Å². The van der Waals surface area contributed by atoms with Crippen molar-refractivity contribution in [2.45, 2.75) is 252 Å². The molecule has 0 radical (unpaired) electrons. The number of aliphatic hydroxyl groups is 2. The number of hydrogen-bond acceptors (Lipinski definition) is 4. The van der Waals surface area contributed by atoms with Gasteiger partial charge < -0.3 is 15.1 Å². The van der Waals surface area contributed by atoms with E-state index in [0.29, 0.717) is 13.1 Å². The van der Waals surface area contributed by atoms with Gasteiger partial charge in [-0.3, -0.25) is 4.90 Å². The maximum atomic E-state index is 9.93. The van der Waals surface area contributed by atoms with E-state index in [1.807, 2.05) is 13.8 Å². The Kier molecular flexibility index (Phi) is 40.5. The summed E-state index contributed by atoms with van der Waals surface area (Å²) in [6.45, 7) is 14.2. The molecule has 0 amide bonds. The van der Waals surface area contributed by atoms with Gasteiger partial charge in [0.2, 0.25) is 0 Å². The minimum atomic E-state index is -0.343. The summed E-state index contributed by atoms with van der Waals surface area (Å²) in [6.07, 6.45) is 46.1. The van der Waals surface area contributed by atoms with E-state index in [-0.39, 0.29) is 12.2 Å². The highest BCUT2D eigenvalue weighted by Gasteiger charge is 2.12. The summed E-state index contributed by atoms with van der Waals surface area (Å²) in [5.41, 5.74) is 0. The highest BCUT2D eigenvalue weighted by atomic mass is 16.3. The van der Waals surface area contributed by atoms with Crippen molar-refractivity contribution >= 4 is 0 Å². The predicted molar refractivity (Wildman–Crippen MR) is 220 cm³/mol. The Morgan fingerprint density at radius 1 is 0.286 bits per heavy atom. The highest BCUT2D eigenvalue weighted by Crippen LogP contribution is 2.16. The summed E-state index contributed by atoms with van der Waals surface area (Å²) in [4.78, 5) is 4.98. The smallest absolute Gasteiger partial charge is 0.0639 e. The number of hydrogen-bond donors (Lipinski definition) is 2. The molecule has 0 saturated heterocycles. The molecule has 0 aromatic rings. The molecule has 0 aliphatic heterocycles. The van der Waals surface area contributed by atoms with Crippen LogP contribution in [0.15, 0.2) is 0 Å². The molecule has 0 spiro atoms. The van der Waals surface area contributed by atoms with Crippen LogP contribution in [-0.4, -0.2) is 71.5 Å². The molecule has 0 fully saturated rings. The largest absolute Gasteiger partial charge is 0.392 e. The molecule has 49 heavy (non-hydrogen) atoms. The lowest BCUT2D eigenvalue weighted by atomic mass is 10.0. The monoisotopic (exact) mass is 695 g/mol. The zero-order valence-electron chi connectivity index (χ0n) is 34.5. The Morgan fingerprint density at radius 2 is 0.490 bits per heavy atom. The molecule has 2 N–H and O–H groups in total. The summed E-state index contributed by atoms with van der Waals surface area (Å²) >= 11 is 0. The fraction of sp³-hybridized carbons (Fsp3) is 1.00. The van der Waals surface area contributed by atoms with Crippen LogP contribution in [0, 0.1) is 0 Å². The summed E-state index contributed by atoms with van der Waals surface area (Å²) in [5, 5.41) is 19.9. The van der Waals surface area contributed by atoms with Gasteiger partial charge in [0.1, 0.15) is 0 Å². The SMILES string of the molecule is CCCCCCCCCCCCCCCCCCN(CCCCCCCCCCCCCCCCCC)CCCN(CC(C)O)CC(C)O. The fourth-order valence-corrected chi connectivity index (χ4v) is 7.62. The van der Waals surface area contributed by atoms with Crippen molar-refractivity contribution in [1.29, 1.82) is 0 Å². The normalized spacial score (nSPS) is 13.2. The van der Waals surface area contributed by atoms with E-state index in [1.54, 1.807) is 0 Å². The maximum Gasteiger partial charge on any atom is 0.0639 e. The van der Waals surface area contributed by atoms with Crippen molar-refractivity contribution in [3.8, 4) is 0 Å². The first kappa shape index (κ1) is 48.8. The minimum Gasteiger partial charge on any atom is -0.392 e. The summed E-state index contributed by atoms with van der Waals surface area (Å²) in [5.74, 6) is 0. The third-order valence-electron chi connectivity index (χ3n) is 10.6. The molecule has 0 bridgehead atoms. The molecule has 4 nitrogen and oxygen atoms in total.